The quantitative estimate of drug-likeness (QED) is 0.799. The molecule has 3 aliphatic rings. The predicted molar refractivity (Wildman–Crippen MR) is 83.5 cm³/mol. The van der Waals surface area contributed by atoms with Crippen LogP contribution in [-0.2, 0) is 21.2 Å². The lowest BCUT2D eigenvalue weighted by Crippen LogP contribution is -2.45. The van der Waals surface area contributed by atoms with Crippen molar-refractivity contribution in [3.8, 4) is 0 Å². The Kier molecular flexibility index (Phi) is 3.48. The van der Waals surface area contributed by atoms with E-state index < -0.39 is 9.84 Å². The van der Waals surface area contributed by atoms with Gasteiger partial charge in [0.15, 0.2) is 5.82 Å². The average molecular weight is 338 g/mol. The van der Waals surface area contributed by atoms with Crippen LogP contribution in [0.3, 0.4) is 0 Å². The maximum absolute atomic E-state index is 12.7. The van der Waals surface area contributed by atoms with E-state index in [0.29, 0.717) is 31.8 Å². The molecule has 1 atom stereocenters. The van der Waals surface area contributed by atoms with Crippen molar-refractivity contribution < 1.29 is 13.2 Å². The number of sulfone groups is 1. The number of fused-ring (bicyclic) bond motifs is 1. The van der Waals surface area contributed by atoms with Crippen LogP contribution in [-0.4, -0.2) is 52.0 Å². The molecule has 8 heteroatoms. The van der Waals surface area contributed by atoms with E-state index in [2.05, 4.69) is 21.7 Å². The molecule has 2 aliphatic heterocycles. The highest BCUT2D eigenvalue weighted by Gasteiger charge is 2.38. The lowest BCUT2D eigenvalue weighted by molar-refractivity contribution is -0.137. The van der Waals surface area contributed by atoms with Gasteiger partial charge in [-0.15, -0.1) is 10.2 Å². The van der Waals surface area contributed by atoms with Crippen LogP contribution >= 0.6 is 0 Å². The largest absolute Gasteiger partial charge is 0.333 e. The van der Waals surface area contributed by atoms with Gasteiger partial charge in [0.25, 0.3) is 0 Å². The molecule has 1 saturated carbocycles. The fraction of sp³-hybridized carbons (Fsp3) is 0.800. The number of hydrogen-bond acceptors (Lipinski definition) is 5. The molecule has 0 N–H and O–H groups in total. The first-order valence-corrected chi connectivity index (χ1v) is 10.2. The number of carbonyl (C=O) groups is 1. The molecule has 0 bridgehead atoms. The van der Waals surface area contributed by atoms with Crippen molar-refractivity contribution in [3.05, 3.63) is 11.6 Å². The van der Waals surface area contributed by atoms with Crippen LogP contribution in [0.1, 0.15) is 56.2 Å². The van der Waals surface area contributed by atoms with Crippen molar-refractivity contribution in [2.45, 2.75) is 51.1 Å². The Morgan fingerprint density at radius 1 is 1.13 bits per heavy atom. The summed E-state index contributed by atoms with van der Waals surface area (Å²) >= 11 is 0. The highest BCUT2D eigenvalue weighted by atomic mass is 32.2. The van der Waals surface area contributed by atoms with Gasteiger partial charge in [0.2, 0.25) is 5.91 Å². The molecule has 1 aliphatic carbocycles. The Labute approximate surface area is 136 Å². The highest BCUT2D eigenvalue weighted by molar-refractivity contribution is 7.91. The second-order valence-corrected chi connectivity index (χ2v) is 9.42. The molecule has 4 rings (SSSR count). The van der Waals surface area contributed by atoms with Crippen LogP contribution in [0.2, 0.25) is 0 Å². The Morgan fingerprint density at radius 2 is 1.83 bits per heavy atom. The Bertz CT molecular complexity index is 724. The summed E-state index contributed by atoms with van der Waals surface area (Å²) in [5.74, 6) is 2.66. The first-order valence-electron chi connectivity index (χ1n) is 8.37. The molecule has 0 unspecified atom stereocenters. The molecule has 1 aromatic rings. The van der Waals surface area contributed by atoms with Crippen LogP contribution in [0.25, 0.3) is 0 Å². The molecule has 3 heterocycles. The smallest absolute Gasteiger partial charge is 0.226 e. The molecular formula is C15H22N4O3S. The van der Waals surface area contributed by atoms with Crippen molar-refractivity contribution >= 4 is 15.7 Å². The maximum Gasteiger partial charge on any atom is 0.226 e. The third-order valence-corrected chi connectivity index (χ3v) is 6.92. The Morgan fingerprint density at radius 3 is 2.48 bits per heavy atom. The first kappa shape index (κ1) is 15.1. The fourth-order valence-corrected chi connectivity index (χ4v) is 5.24. The van der Waals surface area contributed by atoms with Crippen LogP contribution < -0.4 is 0 Å². The highest BCUT2D eigenvalue weighted by Crippen LogP contribution is 2.41. The minimum absolute atomic E-state index is 0.0778. The number of rotatable bonds is 2. The first-order chi connectivity index (χ1) is 10.9. The minimum Gasteiger partial charge on any atom is -0.333 e. The molecule has 126 valence electrons. The van der Waals surface area contributed by atoms with E-state index in [0.717, 1.165) is 11.6 Å². The summed E-state index contributed by atoms with van der Waals surface area (Å²) in [5, 5.41) is 8.62. The SMILES string of the molecule is C[C@H]1CN(C(=O)C2CCS(=O)(=O)CC2)Cc2nnc(C3CC3)n21. The van der Waals surface area contributed by atoms with E-state index in [1.165, 1.54) is 12.8 Å². The van der Waals surface area contributed by atoms with Crippen LogP contribution in [0, 0.1) is 5.92 Å². The van der Waals surface area contributed by atoms with E-state index >= 15 is 0 Å². The number of hydrogen-bond donors (Lipinski definition) is 0. The van der Waals surface area contributed by atoms with Gasteiger partial charge >= 0.3 is 0 Å². The standard InChI is InChI=1S/C15H22N4O3S/c1-10-8-18(15(20)12-4-6-23(21,22)7-5-12)9-13-16-17-14(19(10)13)11-2-3-11/h10-12H,2-9H2,1H3/t10-/m0/s1. The van der Waals surface area contributed by atoms with E-state index in [9.17, 15) is 13.2 Å². The van der Waals surface area contributed by atoms with Crippen molar-refractivity contribution in [2.75, 3.05) is 18.1 Å². The van der Waals surface area contributed by atoms with Gasteiger partial charge in [-0.05, 0) is 32.6 Å². The third-order valence-electron chi connectivity index (χ3n) is 5.21. The fourth-order valence-electron chi connectivity index (χ4n) is 3.74. The minimum atomic E-state index is -2.94. The third kappa shape index (κ3) is 2.77. The van der Waals surface area contributed by atoms with Crippen molar-refractivity contribution in [3.63, 3.8) is 0 Å². The lowest BCUT2D eigenvalue weighted by atomic mass is 10.00. The Balaban J connectivity index is 1.49. The summed E-state index contributed by atoms with van der Waals surface area (Å²) < 4.78 is 25.3. The topological polar surface area (TPSA) is 85.2 Å². The van der Waals surface area contributed by atoms with Crippen molar-refractivity contribution in [1.29, 1.82) is 0 Å². The summed E-state index contributed by atoms with van der Waals surface area (Å²) in [4.78, 5) is 14.6. The zero-order valence-corrected chi connectivity index (χ0v) is 14.1. The Hall–Kier alpha value is -1.44. The van der Waals surface area contributed by atoms with E-state index in [-0.39, 0.29) is 29.4 Å². The molecule has 2 fully saturated rings. The second-order valence-electron chi connectivity index (χ2n) is 7.11. The van der Waals surface area contributed by atoms with Crippen molar-refractivity contribution in [2.24, 2.45) is 5.92 Å². The average Bonchev–Trinajstić information content (AvgIpc) is 3.26. The zero-order valence-electron chi connectivity index (χ0n) is 13.3. The summed E-state index contributed by atoms with van der Waals surface area (Å²) in [5.41, 5.74) is 0. The number of amides is 1. The molecule has 1 aromatic heterocycles. The van der Waals surface area contributed by atoms with Gasteiger partial charge in [-0.25, -0.2) is 8.42 Å². The summed E-state index contributed by atoms with van der Waals surface area (Å²) in [6.07, 6.45) is 3.27. The number of carbonyl (C=O) groups excluding carboxylic acids is 1. The molecule has 1 saturated heterocycles. The second kappa shape index (κ2) is 5.29. The summed E-state index contributed by atoms with van der Waals surface area (Å²) in [7, 11) is -2.94. The summed E-state index contributed by atoms with van der Waals surface area (Å²) in [6.45, 7) is 3.25. The molecule has 0 spiro atoms. The monoisotopic (exact) mass is 338 g/mol. The van der Waals surface area contributed by atoms with E-state index in [4.69, 9.17) is 0 Å². The molecule has 0 aromatic carbocycles. The molecule has 23 heavy (non-hydrogen) atoms. The van der Waals surface area contributed by atoms with Gasteiger partial charge in [-0.3, -0.25) is 4.79 Å². The van der Waals surface area contributed by atoms with Crippen LogP contribution in [0.5, 0.6) is 0 Å². The van der Waals surface area contributed by atoms with Gasteiger partial charge in [0.05, 0.1) is 24.1 Å². The molecular weight excluding hydrogens is 316 g/mol. The maximum atomic E-state index is 12.7. The molecule has 7 nitrogen and oxygen atoms in total. The number of aromatic nitrogens is 3. The van der Waals surface area contributed by atoms with E-state index in [1.807, 2.05) is 4.90 Å². The van der Waals surface area contributed by atoms with Gasteiger partial charge < -0.3 is 9.47 Å². The van der Waals surface area contributed by atoms with Crippen LogP contribution in [0.4, 0.5) is 0 Å². The van der Waals surface area contributed by atoms with Gasteiger partial charge in [0.1, 0.15) is 15.7 Å². The summed E-state index contributed by atoms with van der Waals surface area (Å²) in [6, 6.07) is 0.181. The molecule has 1 amide bonds. The van der Waals surface area contributed by atoms with Crippen molar-refractivity contribution in [1.82, 2.24) is 19.7 Å². The van der Waals surface area contributed by atoms with Gasteiger partial charge in [-0.1, -0.05) is 0 Å². The predicted octanol–water partition coefficient (Wildman–Crippen LogP) is 0.883. The van der Waals surface area contributed by atoms with E-state index in [1.54, 1.807) is 0 Å². The molecule has 0 radical (unpaired) electrons. The van der Waals surface area contributed by atoms with Crippen LogP contribution in [0.15, 0.2) is 0 Å². The normalized spacial score (nSPS) is 27.7. The number of nitrogens with zero attached hydrogens (tertiary/aromatic N) is 4. The zero-order chi connectivity index (χ0) is 16.2. The van der Waals surface area contributed by atoms with Gasteiger partial charge in [-0.2, -0.15) is 0 Å². The van der Waals surface area contributed by atoms with Gasteiger partial charge in [0, 0.05) is 18.4 Å². The lowest BCUT2D eigenvalue weighted by Gasteiger charge is -2.35.